The number of hydrogen-bond donors (Lipinski definition) is 0. The molecule has 6 nitrogen and oxygen atoms in total. The van der Waals surface area contributed by atoms with Crippen molar-refractivity contribution in [3.8, 4) is 0 Å². The van der Waals surface area contributed by atoms with Crippen molar-refractivity contribution < 1.29 is 45.5 Å². The van der Waals surface area contributed by atoms with Crippen LogP contribution in [0, 0.1) is 0 Å². The van der Waals surface area contributed by atoms with Gasteiger partial charge in [0.15, 0.2) is 0 Å². The molecule has 0 saturated heterocycles. The molecule has 0 aromatic heterocycles. The number of rotatable bonds is 0. The van der Waals surface area contributed by atoms with E-state index in [1.807, 2.05) is 0 Å². The Hall–Kier alpha value is 0.309. The fourth-order valence-corrected chi connectivity index (χ4v) is 0. The SMILES string of the molecule is O=S(=O)([O-])[O-].[Fe+5].[O-2].[OH-]. The zero-order valence-corrected chi connectivity index (χ0v) is 5.17. The largest absolute Gasteiger partial charge is 5.00 e. The van der Waals surface area contributed by atoms with E-state index in [1.54, 1.807) is 0 Å². The molecule has 0 aromatic carbocycles. The van der Waals surface area contributed by atoms with Crippen LogP contribution in [0.2, 0.25) is 0 Å². The average molecular weight is 185 g/mol. The second-order valence-electron chi connectivity index (χ2n) is 0.408. The van der Waals surface area contributed by atoms with Crippen LogP contribution in [-0.4, -0.2) is 23.0 Å². The van der Waals surface area contributed by atoms with Gasteiger partial charge in [-0.1, -0.05) is 0 Å². The van der Waals surface area contributed by atoms with E-state index in [1.165, 1.54) is 0 Å². The van der Waals surface area contributed by atoms with Crippen LogP contribution in [0.15, 0.2) is 0 Å². The second kappa shape index (κ2) is 7.31. The van der Waals surface area contributed by atoms with E-state index in [2.05, 4.69) is 0 Å². The Morgan fingerprint density at radius 3 is 1.12 bits per heavy atom. The van der Waals surface area contributed by atoms with Crippen LogP contribution in [-0.2, 0) is 32.9 Å². The van der Waals surface area contributed by atoms with Gasteiger partial charge >= 0.3 is 17.1 Å². The van der Waals surface area contributed by atoms with E-state index >= 15 is 0 Å². The summed E-state index contributed by atoms with van der Waals surface area (Å²) in [4.78, 5) is 0. The summed E-state index contributed by atoms with van der Waals surface area (Å²) >= 11 is 0. The van der Waals surface area contributed by atoms with Crippen molar-refractivity contribution in [1.29, 1.82) is 0 Å². The van der Waals surface area contributed by atoms with Gasteiger partial charge in [0.25, 0.3) is 0 Å². The molecule has 0 bridgehead atoms. The molecule has 1 radical (unpaired) electrons. The first-order valence-electron chi connectivity index (χ1n) is 0.667. The van der Waals surface area contributed by atoms with E-state index in [9.17, 15) is 0 Å². The van der Waals surface area contributed by atoms with Crippen LogP contribution in [0.1, 0.15) is 0 Å². The van der Waals surface area contributed by atoms with Crippen LogP contribution < -0.4 is 0 Å². The van der Waals surface area contributed by atoms with Crippen molar-refractivity contribution in [2.24, 2.45) is 0 Å². The molecule has 8 heavy (non-hydrogen) atoms. The van der Waals surface area contributed by atoms with Crippen molar-refractivity contribution >= 4 is 10.4 Å². The van der Waals surface area contributed by atoms with Crippen LogP contribution in [0.4, 0.5) is 0 Å². The first-order valence-corrected chi connectivity index (χ1v) is 2.00. The summed E-state index contributed by atoms with van der Waals surface area (Å²) in [5, 5.41) is 0. The van der Waals surface area contributed by atoms with Gasteiger partial charge in [0.2, 0.25) is 0 Å². The van der Waals surface area contributed by atoms with E-state index in [4.69, 9.17) is 17.5 Å². The van der Waals surface area contributed by atoms with Gasteiger partial charge in [-0.3, -0.25) is 8.42 Å². The fourth-order valence-electron chi connectivity index (χ4n) is 0. The van der Waals surface area contributed by atoms with E-state index < -0.39 is 10.4 Å². The Morgan fingerprint density at radius 1 is 1.12 bits per heavy atom. The van der Waals surface area contributed by atoms with Crippen molar-refractivity contribution in [2.75, 3.05) is 0 Å². The summed E-state index contributed by atoms with van der Waals surface area (Å²) in [6.45, 7) is 0. The quantitative estimate of drug-likeness (QED) is 0.253. The predicted octanol–water partition coefficient (Wildman–Crippen LogP) is -1.64. The first kappa shape index (κ1) is 23.9. The van der Waals surface area contributed by atoms with Crippen molar-refractivity contribution in [2.45, 2.75) is 0 Å². The maximum absolute atomic E-state index is 8.52. The minimum Gasteiger partial charge on any atom is -2.00 e. The molecule has 0 aliphatic rings. The van der Waals surface area contributed by atoms with Gasteiger partial charge in [0.1, 0.15) is 0 Å². The van der Waals surface area contributed by atoms with Gasteiger partial charge in [-0.2, -0.15) is 0 Å². The molecule has 0 unspecified atom stereocenters. The molecule has 0 aromatic rings. The number of hydrogen-bond acceptors (Lipinski definition) is 5. The maximum atomic E-state index is 8.52. The van der Waals surface area contributed by atoms with Gasteiger partial charge in [-0.05, 0) is 0 Å². The van der Waals surface area contributed by atoms with Gasteiger partial charge in [0, 0.05) is 10.4 Å². The average Bonchev–Trinajstić information content (AvgIpc) is 0.722. The van der Waals surface area contributed by atoms with Crippen LogP contribution in [0.25, 0.3) is 0 Å². The summed E-state index contributed by atoms with van der Waals surface area (Å²) in [6.07, 6.45) is 0. The summed E-state index contributed by atoms with van der Waals surface area (Å²) in [7, 11) is -5.17. The van der Waals surface area contributed by atoms with Crippen LogP contribution >= 0.6 is 0 Å². The van der Waals surface area contributed by atoms with Crippen LogP contribution in [0.3, 0.4) is 0 Å². The Bertz CT molecular complexity index is 91.7. The zero-order chi connectivity index (χ0) is 4.50. The van der Waals surface area contributed by atoms with E-state index in [0.717, 1.165) is 0 Å². The molecule has 0 aliphatic heterocycles. The molecule has 0 aliphatic carbocycles. The van der Waals surface area contributed by atoms with Gasteiger partial charge in [0.05, 0.1) is 0 Å². The maximum Gasteiger partial charge on any atom is 5.00 e. The molecule has 0 amide bonds. The predicted molar refractivity (Wildman–Crippen MR) is 13.1 cm³/mol. The molecule has 51 valence electrons. The summed E-state index contributed by atoms with van der Waals surface area (Å²) in [5.41, 5.74) is 0. The monoisotopic (exact) mass is 185 g/mol. The molecule has 0 atom stereocenters. The third-order valence-electron chi connectivity index (χ3n) is 0. The standard InChI is InChI=1S/Fe.H2O4S.H2O.O/c;1-5(2,3)4;;/h;(H2,1,2,3,4);1H2;/q+5;;;-2/p-3. The third-order valence-corrected chi connectivity index (χ3v) is 0. The second-order valence-corrected chi connectivity index (χ2v) is 1.22. The Kier molecular flexibility index (Phi) is 21.8. The van der Waals surface area contributed by atoms with Gasteiger partial charge in [-0.25, -0.2) is 0 Å². The summed E-state index contributed by atoms with van der Waals surface area (Å²) in [5.74, 6) is 0. The van der Waals surface area contributed by atoms with Gasteiger partial charge < -0.3 is 20.1 Å². The molecule has 0 saturated carbocycles. The summed E-state index contributed by atoms with van der Waals surface area (Å²) < 4.78 is 34.1. The first-order chi connectivity index (χ1) is 2.00. The van der Waals surface area contributed by atoms with Crippen molar-refractivity contribution in [1.82, 2.24) is 0 Å². The molecule has 1 N–H and O–H groups in total. The topological polar surface area (TPSA) is 139 Å². The Labute approximate surface area is 56.6 Å². The van der Waals surface area contributed by atoms with Gasteiger partial charge in [-0.15, -0.1) is 0 Å². The zero-order valence-electron chi connectivity index (χ0n) is 3.25. The normalized spacial score (nSPS) is 7.25. The smallest absolute Gasteiger partial charge is 2.00 e. The Balaban J connectivity index is -0.0000000267. The molecular weight excluding hydrogens is 184 g/mol. The minimum absolute atomic E-state index is 0. The molecule has 0 rings (SSSR count). The van der Waals surface area contributed by atoms with E-state index in [-0.39, 0.29) is 28.0 Å². The molecule has 0 fully saturated rings. The molecule has 0 heterocycles. The van der Waals surface area contributed by atoms with Crippen molar-refractivity contribution in [3.05, 3.63) is 0 Å². The van der Waals surface area contributed by atoms with Crippen molar-refractivity contribution in [3.63, 3.8) is 0 Å². The fraction of sp³-hybridized carbons (Fsp3) is 0. The molecule has 8 heteroatoms. The van der Waals surface area contributed by atoms with E-state index in [0.29, 0.717) is 0 Å². The Morgan fingerprint density at radius 2 is 1.12 bits per heavy atom. The summed E-state index contributed by atoms with van der Waals surface area (Å²) in [6, 6.07) is 0. The molecular formula is HFeO6S. The third kappa shape index (κ3) is 1860. The molecule has 0 spiro atoms. The van der Waals surface area contributed by atoms with Crippen LogP contribution in [0.5, 0.6) is 0 Å². The minimum atomic E-state index is -5.17.